The van der Waals surface area contributed by atoms with Gasteiger partial charge in [-0.15, -0.1) is 0 Å². The lowest BCUT2D eigenvalue weighted by Gasteiger charge is -2.41. The van der Waals surface area contributed by atoms with Gasteiger partial charge in [0.25, 0.3) is 0 Å². The number of nitrogens with two attached hydrogens (primary N) is 1. The van der Waals surface area contributed by atoms with Crippen LogP contribution in [0, 0.1) is 17.8 Å². The normalized spacial score (nSPS) is 42.2. The van der Waals surface area contributed by atoms with Crippen molar-refractivity contribution >= 4 is 0 Å². The van der Waals surface area contributed by atoms with Crippen molar-refractivity contribution in [3.63, 3.8) is 0 Å². The van der Waals surface area contributed by atoms with E-state index in [0.29, 0.717) is 6.04 Å². The van der Waals surface area contributed by atoms with Crippen molar-refractivity contribution in [2.45, 2.75) is 52.0 Å². The Balaban J connectivity index is 1.86. The van der Waals surface area contributed by atoms with Crippen molar-refractivity contribution in [1.82, 2.24) is 4.90 Å². The van der Waals surface area contributed by atoms with Gasteiger partial charge < -0.3 is 10.6 Å². The molecule has 0 amide bonds. The van der Waals surface area contributed by atoms with Crippen molar-refractivity contribution < 1.29 is 0 Å². The second kappa shape index (κ2) is 5.50. The minimum absolute atomic E-state index is 0.445. The van der Waals surface area contributed by atoms with E-state index in [1.165, 1.54) is 51.7 Å². The summed E-state index contributed by atoms with van der Waals surface area (Å²) >= 11 is 0. The van der Waals surface area contributed by atoms with E-state index in [2.05, 4.69) is 18.7 Å². The maximum Gasteiger partial charge on any atom is 0.00844 e. The maximum atomic E-state index is 6.35. The van der Waals surface area contributed by atoms with E-state index in [0.717, 1.165) is 17.8 Å². The Labute approximate surface area is 101 Å². The molecule has 2 fully saturated rings. The van der Waals surface area contributed by atoms with Crippen LogP contribution in [-0.4, -0.2) is 30.6 Å². The molecule has 4 atom stereocenters. The molecule has 0 bridgehead atoms. The predicted octanol–water partition coefficient (Wildman–Crippen LogP) is 2.48. The molecule has 0 aromatic carbocycles. The van der Waals surface area contributed by atoms with Crippen molar-refractivity contribution in [2.75, 3.05) is 19.6 Å². The van der Waals surface area contributed by atoms with Gasteiger partial charge in [-0.2, -0.15) is 0 Å². The molecule has 1 heterocycles. The van der Waals surface area contributed by atoms with E-state index in [-0.39, 0.29) is 0 Å². The molecule has 0 aromatic rings. The molecule has 2 aliphatic rings. The summed E-state index contributed by atoms with van der Waals surface area (Å²) in [7, 11) is 0. The molecule has 1 aliphatic carbocycles. The van der Waals surface area contributed by atoms with Gasteiger partial charge >= 0.3 is 0 Å². The summed E-state index contributed by atoms with van der Waals surface area (Å²) in [6.07, 6.45) is 6.84. The fourth-order valence-electron chi connectivity index (χ4n) is 3.72. The molecule has 0 radical (unpaired) electrons. The van der Waals surface area contributed by atoms with Gasteiger partial charge in [0.2, 0.25) is 0 Å². The summed E-state index contributed by atoms with van der Waals surface area (Å²) < 4.78 is 0. The maximum absolute atomic E-state index is 6.35. The minimum atomic E-state index is 0.445. The first-order valence-corrected chi connectivity index (χ1v) is 7.14. The third kappa shape index (κ3) is 2.98. The number of piperidine rings is 1. The molecule has 0 aromatic heterocycles. The first-order chi connectivity index (χ1) is 7.66. The van der Waals surface area contributed by atoms with Gasteiger partial charge in [-0.05, 0) is 56.5 Å². The summed E-state index contributed by atoms with van der Waals surface area (Å²) in [5, 5.41) is 0. The van der Waals surface area contributed by atoms with Crippen LogP contribution in [0.3, 0.4) is 0 Å². The van der Waals surface area contributed by atoms with Gasteiger partial charge in [0, 0.05) is 12.6 Å². The zero-order valence-electron chi connectivity index (χ0n) is 11.0. The number of hydrogen-bond donors (Lipinski definition) is 1. The van der Waals surface area contributed by atoms with Crippen LogP contribution in [0.15, 0.2) is 0 Å². The second-order valence-corrected chi connectivity index (χ2v) is 6.24. The van der Waals surface area contributed by atoms with Crippen LogP contribution < -0.4 is 5.73 Å². The Kier molecular flexibility index (Phi) is 4.26. The molecular formula is C14H28N2. The first kappa shape index (κ1) is 12.4. The van der Waals surface area contributed by atoms with E-state index >= 15 is 0 Å². The molecule has 2 rings (SSSR count). The first-order valence-electron chi connectivity index (χ1n) is 7.14. The highest BCUT2D eigenvalue weighted by molar-refractivity contribution is 4.87. The Morgan fingerprint density at radius 3 is 2.38 bits per heavy atom. The van der Waals surface area contributed by atoms with E-state index in [4.69, 9.17) is 5.73 Å². The van der Waals surface area contributed by atoms with Crippen LogP contribution >= 0.6 is 0 Å². The van der Waals surface area contributed by atoms with Crippen molar-refractivity contribution in [2.24, 2.45) is 23.5 Å². The Morgan fingerprint density at radius 2 is 1.75 bits per heavy atom. The summed E-state index contributed by atoms with van der Waals surface area (Å²) in [6, 6.07) is 0.445. The molecule has 2 heteroatoms. The van der Waals surface area contributed by atoms with Crippen LogP contribution in [0.5, 0.6) is 0 Å². The summed E-state index contributed by atoms with van der Waals surface area (Å²) in [4.78, 5) is 2.65. The highest BCUT2D eigenvalue weighted by Crippen LogP contribution is 2.33. The topological polar surface area (TPSA) is 29.3 Å². The summed E-state index contributed by atoms with van der Waals surface area (Å²) in [5.74, 6) is 2.40. The lowest BCUT2D eigenvalue weighted by Crippen LogP contribution is -2.47. The average molecular weight is 224 g/mol. The molecule has 16 heavy (non-hydrogen) atoms. The number of likely N-dealkylation sites (tertiary alicyclic amines) is 1. The molecule has 1 saturated heterocycles. The van der Waals surface area contributed by atoms with Gasteiger partial charge in [0.15, 0.2) is 0 Å². The standard InChI is InChI=1S/C14H28N2/c1-11-8-12(2)13(14(15)9-11)10-16-6-4-3-5-7-16/h11-14H,3-10,15H2,1-2H3. The van der Waals surface area contributed by atoms with Crippen LogP contribution in [0.25, 0.3) is 0 Å². The Morgan fingerprint density at radius 1 is 1.06 bits per heavy atom. The van der Waals surface area contributed by atoms with Crippen molar-refractivity contribution in [1.29, 1.82) is 0 Å². The van der Waals surface area contributed by atoms with E-state index < -0.39 is 0 Å². The molecule has 1 saturated carbocycles. The van der Waals surface area contributed by atoms with Crippen LogP contribution in [0.2, 0.25) is 0 Å². The zero-order chi connectivity index (χ0) is 11.5. The minimum Gasteiger partial charge on any atom is -0.327 e. The predicted molar refractivity (Wildman–Crippen MR) is 69.3 cm³/mol. The summed E-state index contributed by atoms with van der Waals surface area (Å²) in [5.41, 5.74) is 6.35. The van der Waals surface area contributed by atoms with Crippen molar-refractivity contribution in [3.8, 4) is 0 Å². The molecule has 2 nitrogen and oxygen atoms in total. The number of hydrogen-bond acceptors (Lipinski definition) is 2. The second-order valence-electron chi connectivity index (χ2n) is 6.24. The van der Waals surface area contributed by atoms with Gasteiger partial charge in [0.1, 0.15) is 0 Å². The Hall–Kier alpha value is -0.0800. The molecule has 0 spiro atoms. The van der Waals surface area contributed by atoms with Gasteiger partial charge in [0.05, 0.1) is 0 Å². The van der Waals surface area contributed by atoms with Gasteiger partial charge in [-0.1, -0.05) is 20.3 Å². The van der Waals surface area contributed by atoms with E-state index in [1.807, 2.05) is 0 Å². The summed E-state index contributed by atoms with van der Waals surface area (Å²) in [6.45, 7) is 8.64. The largest absolute Gasteiger partial charge is 0.327 e. The van der Waals surface area contributed by atoms with E-state index in [9.17, 15) is 0 Å². The average Bonchev–Trinajstić information content (AvgIpc) is 2.25. The molecule has 1 aliphatic heterocycles. The smallest absolute Gasteiger partial charge is 0.00844 e. The van der Waals surface area contributed by atoms with Crippen LogP contribution in [-0.2, 0) is 0 Å². The molecule has 94 valence electrons. The van der Waals surface area contributed by atoms with Gasteiger partial charge in [-0.3, -0.25) is 0 Å². The van der Waals surface area contributed by atoms with Crippen LogP contribution in [0.4, 0.5) is 0 Å². The lowest BCUT2D eigenvalue weighted by atomic mass is 9.72. The van der Waals surface area contributed by atoms with Crippen LogP contribution in [0.1, 0.15) is 46.0 Å². The molecule has 2 N–H and O–H groups in total. The fourth-order valence-corrected chi connectivity index (χ4v) is 3.72. The van der Waals surface area contributed by atoms with Gasteiger partial charge in [-0.25, -0.2) is 0 Å². The molecule has 4 unspecified atom stereocenters. The number of rotatable bonds is 2. The fraction of sp³-hybridized carbons (Fsp3) is 1.00. The van der Waals surface area contributed by atoms with Crippen molar-refractivity contribution in [3.05, 3.63) is 0 Å². The highest BCUT2D eigenvalue weighted by Gasteiger charge is 2.32. The molecular weight excluding hydrogens is 196 g/mol. The Bertz CT molecular complexity index is 199. The monoisotopic (exact) mass is 224 g/mol. The van der Waals surface area contributed by atoms with E-state index in [1.54, 1.807) is 0 Å². The third-order valence-corrected chi connectivity index (χ3v) is 4.65. The SMILES string of the molecule is CC1CC(C)C(CN2CCCCC2)C(N)C1. The lowest BCUT2D eigenvalue weighted by molar-refractivity contribution is 0.107. The highest BCUT2D eigenvalue weighted by atomic mass is 15.1. The third-order valence-electron chi connectivity index (χ3n) is 4.65. The quantitative estimate of drug-likeness (QED) is 0.781. The zero-order valence-corrected chi connectivity index (χ0v) is 11.0. The number of nitrogens with zero attached hydrogens (tertiary/aromatic N) is 1.